The van der Waals surface area contributed by atoms with Crippen molar-refractivity contribution in [2.45, 2.75) is 38.5 Å². The van der Waals surface area contributed by atoms with Crippen LogP contribution >= 0.6 is 0 Å². The quantitative estimate of drug-likeness (QED) is 0.938. The first kappa shape index (κ1) is 13.9. The summed E-state index contributed by atoms with van der Waals surface area (Å²) >= 11 is 0. The number of ether oxygens (including phenoxy) is 1. The largest absolute Gasteiger partial charge is 0.481 e. The van der Waals surface area contributed by atoms with E-state index in [4.69, 9.17) is 15.5 Å². The van der Waals surface area contributed by atoms with Crippen LogP contribution in [0.15, 0.2) is 6.07 Å². The smallest absolute Gasteiger partial charge is 0.222 e. The molecular weight excluding hydrogens is 266 g/mol. The Morgan fingerprint density at radius 2 is 2.00 bits per heavy atom. The highest BCUT2D eigenvalue weighted by Crippen LogP contribution is 2.36. The van der Waals surface area contributed by atoms with Crippen LogP contribution in [0.5, 0.6) is 5.88 Å². The number of rotatable bonds is 3. The van der Waals surface area contributed by atoms with Gasteiger partial charge in [-0.15, -0.1) is 0 Å². The molecule has 1 aliphatic carbocycles. The fraction of sp³-hybridized carbons (Fsp3) is 0.533. The van der Waals surface area contributed by atoms with E-state index < -0.39 is 0 Å². The van der Waals surface area contributed by atoms with Gasteiger partial charge >= 0.3 is 0 Å². The van der Waals surface area contributed by atoms with Crippen LogP contribution in [0.4, 0.5) is 5.82 Å². The molecule has 21 heavy (non-hydrogen) atoms. The summed E-state index contributed by atoms with van der Waals surface area (Å²) < 4.78 is 7.14. The molecule has 2 heterocycles. The van der Waals surface area contributed by atoms with Crippen molar-refractivity contribution in [2.24, 2.45) is 7.05 Å². The highest BCUT2D eigenvalue weighted by atomic mass is 16.5. The lowest BCUT2D eigenvalue weighted by Crippen LogP contribution is -2.04. The molecule has 0 spiro atoms. The van der Waals surface area contributed by atoms with Gasteiger partial charge in [-0.1, -0.05) is 12.8 Å². The fourth-order valence-electron chi connectivity index (χ4n) is 3.16. The molecule has 0 aliphatic heterocycles. The molecule has 2 aromatic heterocycles. The molecule has 0 bridgehead atoms. The summed E-state index contributed by atoms with van der Waals surface area (Å²) in [6.07, 6.45) is 4.89. The van der Waals surface area contributed by atoms with Crippen LogP contribution in [0.2, 0.25) is 0 Å². The summed E-state index contributed by atoms with van der Waals surface area (Å²) in [6, 6.07) is 1.90. The standard InChI is InChI=1S/C15H21N5O/c1-9-13(15(21-3)20(2)19-9)14-17-11(8-12(16)18-14)10-6-4-5-7-10/h8,10H,4-7H2,1-3H3,(H2,16,17,18). The van der Waals surface area contributed by atoms with Gasteiger partial charge in [0.05, 0.1) is 12.8 Å². The third kappa shape index (κ3) is 2.46. The number of nitrogens with zero attached hydrogens (tertiary/aromatic N) is 4. The maximum Gasteiger partial charge on any atom is 0.222 e. The Bertz CT molecular complexity index is 658. The molecule has 1 fully saturated rings. The van der Waals surface area contributed by atoms with E-state index in [1.165, 1.54) is 25.7 Å². The Kier molecular flexibility index (Phi) is 3.53. The Hall–Kier alpha value is -2.11. The third-order valence-electron chi connectivity index (χ3n) is 4.13. The summed E-state index contributed by atoms with van der Waals surface area (Å²) in [4.78, 5) is 9.14. The lowest BCUT2D eigenvalue weighted by Gasteiger charge is -2.11. The summed E-state index contributed by atoms with van der Waals surface area (Å²) in [6.45, 7) is 1.93. The van der Waals surface area contributed by atoms with E-state index in [0.29, 0.717) is 23.4 Å². The predicted octanol–water partition coefficient (Wildman–Crippen LogP) is 2.43. The van der Waals surface area contributed by atoms with E-state index in [-0.39, 0.29) is 0 Å². The highest BCUT2D eigenvalue weighted by molar-refractivity contribution is 5.66. The molecular formula is C15H21N5O. The molecule has 2 aromatic rings. The zero-order valence-corrected chi connectivity index (χ0v) is 12.8. The van der Waals surface area contributed by atoms with Crippen LogP contribution < -0.4 is 10.5 Å². The summed E-state index contributed by atoms with van der Waals surface area (Å²) in [7, 11) is 3.48. The average Bonchev–Trinajstić information content (AvgIpc) is 3.05. The second kappa shape index (κ2) is 5.35. The number of hydrogen-bond donors (Lipinski definition) is 1. The van der Waals surface area contributed by atoms with Gasteiger partial charge in [0.15, 0.2) is 5.82 Å². The number of nitrogen functional groups attached to an aromatic ring is 1. The van der Waals surface area contributed by atoms with Crippen LogP contribution in [0.1, 0.15) is 43.0 Å². The van der Waals surface area contributed by atoms with Crippen LogP contribution in [0.3, 0.4) is 0 Å². The monoisotopic (exact) mass is 287 g/mol. The van der Waals surface area contributed by atoms with Crippen molar-refractivity contribution in [3.05, 3.63) is 17.5 Å². The average molecular weight is 287 g/mol. The molecule has 2 N–H and O–H groups in total. The molecule has 1 saturated carbocycles. The molecule has 3 rings (SSSR count). The van der Waals surface area contributed by atoms with Crippen LogP contribution in [0.25, 0.3) is 11.4 Å². The zero-order valence-electron chi connectivity index (χ0n) is 12.8. The molecule has 0 amide bonds. The predicted molar refractivity (Wildman–Crippen MR) is 81.1 cm³/mol. The van der Waals surface area contributed by atoms with E-state index in [1.54, 1.807) is 11.8 Å². The van der Waals surface area contributed by atoms with Gasteiger partial charge in [0, 0.05) is 24.7 Å². The normalized spacial score (nSPS) is 15.6. The van der Waals surface area contributed by atoms with E-state index in [0.717, 1.165) is 17.0 Å². The minimum Gasteiger partial charge on any atom is -0.481 e. The molecule has 0 unspecified atom stereocenters. The Morgan fingerprint density at radius 1 is 1.29 bits per heavy atom. The lowest BCUT2D eigenvalue weighted by molar-refractivity contribution is 0.374. The van der Waals surface area contributed by atoms with Gasteiger partial charge in [-0.25, -0.2) is 14.6 Å². The Balaban J connectivity index is 2.10. The number of aryl methyl sites for hydroxylation is 2. The third-order valence-corrected chi connectivity index (χ3v) is 4.13. The first-order valence-corrected chi connectivity index (χ1v) is 7.32. The van der Waals surface area contributed by atoms with Crippen molar-refractivity contribution >= 4 is 5.82 Å². The maximum atomic E-state index is 5.99. The topological polar surface area (TPSA) is 78.8 Å². The molecule has 0 aromatic carbocycles. The Labute approximate surface area is 124 Å². The highest BCUT2D eigenvalue weighted by Gasteiger charge is 2.23. The van der Waals surface area contributed by atoms with Crippen molar-refractivity contribution in [1.29, 1.82) is 0 Å². The number of aromatic nitrogens is 4. The van der Waals surface area contributed by atoms with E-state index in [1.807, 2.05) is 20.0 Å². The first-order chi connectivity index (χ1) is 10.1. The van der Waals surface area contributed by atoms with Crippen molar-refractivity contribution in [3.63, 3.8) is 0 Å². The summed E-state index contributed by atoms with van der Waals surface area (Å²) in [5.41, 5.74) is 8.71. The van der Waals surface area contributed by atoms with Gasteiger partial charge < -0.3 is 10.5 Å². The van der Waals surface area contributed by atoms with Crippen LogP contribution in [0, 0.1) is 6.92 Å². The minimum absolute atomic E-state index is 0.497. The van der Waals surface area contributed by atoms with Crippen molar-refractivity contribution < 1.29 is 4.74 Å². The number of hydrogen-bond acceptors (Lipinski definition) is 5. The number of methoxy groups -OCH3 is 1. The molecule has 1 aliphatic rings. The molecule has 6 nitrogen and oxygen atoms in total. The second-order valence-electron chi connectivity index (χ2n) is 5.62. The fourth-order valence-corrected chi connectivity index (χ4v) is 3.16. The SMILES string of the molecule is COc1c(-c2nc(N)cc(C3CCCC3)n2)c(C)nn1C. The maximum absolute atomic E-state index is 5.99. The van der Waals surface area contributed by atoms with E-state index in [9.17, 15) is 0 Å². The molecule has 0 atom stereocenters. The lowest BCUT2D eigenvalue weighted by atomic mass is 10.0. The van der Waals surface area contributed by atoms with E-state index >= 15 is 0 Å². The van der Waals surface area contributed by atoms with Crippen molar-refractivity contribution in [3.8, 4) is 17.3 Å². The van der Waals surface area contributed by atoms with Gasteiger partial charge in [0.2, 0.25) is 5.88 Å². The van der Waals surface area contributed by atoms with Crippen LogP contribution in [-0.4, -0.2) is 26.9 Å². The first-order valence-electron chi connectivity index (χ1n) is 7.32. The van der Waals surface area contributed by atoms with Crippen molar-refractivity contribution in [2.75, 3.05) is 12.8 Å². The summed E-state index contributed by atoms with van der Waals surface area (Å²) in [5, 5.41) is 4.39. The van der Waals surface area contributed by atoms with E-state index in [2.05, 4.69) is 10.1 Å². The van der Waals surface area contributed by atoms with Gasteiger partial charge in [0.25, 0.3) is 0 Å². The van der Waals surface area contributed by atoms with Gasteiger partial charge in [-0.05, 0) is 19.8 Å². The zero-order chi connectivity index (χ0) is 15.0. The molecule has 0 radical (unpaired) electrons. The molecule has 112 valence electrons. The molecule has 0 saturated heterocycles. The Morgan fingerprint density at radius 3 is 2.67 bits per heavy atom. The second-order valence-corrected chi connectivity index (χ2v) is 5.62. The molecule has 6 heteroatoms. The van der Waals surface area contributed by atoms with Crippen LogP contribution in [-0.2, 0) is 7.05 Å². The number of anilines is 1. The number of nitrogens with two attached hydrogens (primary N) is 1. The van der Waals surface area contributed by atoms with Crippen molar-refractivity contribution in [1.82, 2.24) is 19.7 Å². The van der Waals surface area contributed by atoms with Gasteiger partial charge in [0.1, 0.15) is 11.4 Å². The summed E-state index contributed by atoms with van der Waals surface area (Å²) in [5.74, 6) is 2.28. The van der Waals surface area contributed by atoms with Gasteiger partial charge in [-0.2, -0.15) is 5.10 Å². The minimum atomic E-state index is 0.497. The van der Waals surface area contributed by atoms with Gasteiger partial charge in [-0.3, -0.25) is 0 Å².